The second-order valence-corrected chi connectivity index (χ2v) is 10.7. The van der Waals surface area contributed by atoms with Gasteiger partial charge in [-0.2, -0.15) is 0 Å². The topological polar surface area (TPSA) is 87.3 Å². The van der Waals surface area contributed by atoms with Gasteiger partial charge in [-0.1, -0.05) is 32.9 Å². The summed E-state index contributed by atoms with van der Waals surface area (Å²) < 4.78 is 17.0. The van der Waals surface area contributed by atoms with E-state index in [4.69, 9.17) is 23.9 Å². The Labute approximate surface area is 193 Å². The highest BCUT2D eigenvalue weighted by atomic mass is 32.2. The molecule has 0 spiro atoms. The molecule has 166 valence electrons. The quantitative estimate of drug-likeness (QED) is 0.381. The molecule has 2 atom stereocenters. The lowest BCUT2D eigenvalue weighted by Crippen LogP contribution is -2.44. The lowest BCUT2D eigenvalue weighted by molar-refractivity contribution is -0.119. The number of hydrogen-bond donors (Lipinski definition) is 0. The van der Waals surface area contributed by atoms with E-state index in [0.29, 0.717) is 27.8 Å². The smallest absolute Gasteiger partial charge is 0.264 e. The molecule has 33 heavy (non-hydrogen) atoms. The molecule has 2 bridgehead atoms. The highest BCUT2D eigenvalue weighted by Crippen LogP contribution is 2.71. The number of ether oxygens (including phenoxy) is 2. The van der Waals surface area contributed by atoms with Gasteiger partial charge in [0.1, 0.15) is 5.52 Å². The summed E-state index contributed by atoms with van der Waals surface area (Å²) in [6, 6.07) is 11.3. The van der Waals surface area contributed by atoms with Crippen LogP contribution in [0.5, 0.6) is 11.5 Å². The fourth-order valence-corrected chi connectivity index (χ4v) is 7.07. The minimum Gasteiger partial charge on any atom is -0.454 e. The fourth-order valence-electron chi connectivity index (χ4n) is 6.01. The molecule has 2 unspecified atom stereocenters. The minimum absolute atomic E-state index is 0.0101. The van der Waals surface area contributed by atoms with Gasteiger partial charge in [-0.3, -0.25) is 4.79 Å². The second kappa shape index (κ2) is 6.05. The van der Waals surface area contributed by atoms with Crippen LogP contribution in [0.2, 0.25) is 0 Å². The van der Waals surface area contributed by atoms with Gasteiger partial charge in [-0.15, -0.1) is 0 Å². The Kier molecular flexibility index (Phi) is 3.55. The summed E-state index contributed by atoms with van der Waals surface area (Å²) in [5.41, 5.74) is 3.17. The van der Waals surface area contributed by atoms with Crippen LogP contribution in [0.25, 0.3) is 22.1 Å². The highest BCUT2D eigenvalue weighted by molar-refractivity contribution is 8.13. The van der Waals surface area contributed by atoms with Crippen LogP contribution < -0.4 is 9.47 Å². The lowest BCUT2D eigenvalue weighted by Gasteiger charge is -2.39. The molecule has 7 nitrogen and oxygen atoms in total. The molecule has 4 aromatic rings. The van der Waals surface area contributed by atoms with E-state index in [9.17, 15) is 4.79 Å². The Morgan fingerprint density at radius 2 is 1.61 bits per heavy atom. The van der Waals surface area contributed by atoms with Crippen LogP contribution in [0.1, 0.15) is 45.0 Å². The van der Waals surface area contributed by atoms with Crippen LogP contribution in [0.4, 0.5) is 0 Å². The van der Waals surface area contributed by atoms with Crippen molar-refractivity contribution in [2.75, 3.05) is 6.79 Å². The maximum Gasteiger partial charge on any atom is 0.264 e. The van der Waals surface area contributed by atoms with Crippen molar-refractivity contribution in [1.29, 1.82) is 0 Å². The molecule has 0 amide bonds. The number of nitrogens with zero attached hydrogens (tertiary/aromatic N) is 3. The number of benzene rings is 2. The number of carbonyl (C=O) groups is 1. The lowest BCUT2D eigenvalue weighted by atomic mass is 9.64. The Hall–Kier alpha value is -3.13. The van der Waals surface area contributed by atoms with Gasteiger partial charge in [0.2, 0.25) is 11.9 Å². The summed E-state index contributed by atoms with van der Waals surface area (Å²) >= 11 is 1.08. The number of aromatic nitrogens is 3. The van der Waals surface area contributed by atoms with Crippen LogP contribution in [-0.2, 0) is 15.6 Å². The number of fused-ring (bicyclic) bond motifs is 8. The summed E-state index contributed by atoms with van der Waals surface area (Å²) in [5, 5.41) is 0.376. The van der Waals surface area contributed by atoms with Crippen LogP contribution in [0, 0.1) is 5.41 Å². The van der Waals surface area contributed by atoms with Crippen LogP contribution in [0.15, 0.2) is 46.0 Å². The average Bonchev–Trinajstić information content (AvgIpc) is 3.49. The molecule has 1 fully saturated rings. The van der Waals surface area contributed by atoms with E-state index in [1.54, 1.807) is 0 Å². The van der Waals surface area contributed by atoms with E-state index in [2.05, 4.69) is 25.8 Å². The number of para-hydroxylation sites is 2. The van der Waals surface area contributed by atoms with Gasteiger partial charge in [-0.05, 0) is 30.4 Å². The van der Waals surface area contributed by atoms with E-state index in [-0.39, 0.29) is 22.7 Å². The summed E-state index contributed by atoms with van der Waals surface area (Å²) in [6.45, 7) is 6.75. The summed E-state index contributed by atoms with van der Waals surface area (Å²) in [5.74, 6) is 1.34. The molecule has 1 saturated carbocycles. The summed E-state index contributed by atoms with van der Waals surface area (Å²) in [4.78, 5) is 28.7. The number of hydrogen-bond acceptors (Lipinski definition) is 8. The first-order valence-corrected chi connectivity index (χ1v) is 11.9. The molecule has 2 aromatic heterocycles. The maximum absolute atomic E-state index is 14.1. The zero-order chi connectivity index (χ0) is 22.6. The average molecular weight is 460 g/mol. The SMILES string of the molecule is CC12CCC(C(=O)Sc3nc4ccccc4o3)(c3nc4cc5c(cc4nc31)OCO5)C2(C)C. The van der Waals surface area contributed by atoms with Gasteiger partial charge in [0.15, 0.2) is 17.1 Å². The van der Waals surface area contributed by atoms with Gasteiger partial charge < -0.3 is 13.9 Å². The van der Waals surface area contributed by atoms with Crippen molar-refractivity contribution >= 4 is 39.0 Å². The third-order valence-corrected chi connectivity index (χ3v) is 9.22. The maximum atomic E-state index is 14.1. The molecule has 0 N–H and O–H groups in total. The zero-order valence-electron chi connectivity index (χ0n) is 18.5. The summed E-state index contributed by atoms with van der Waals surface area (Å²) in [6.07, 6.45) is 1.60. The molecule has 7 rings (SSSR count). The molecule has 1 aliphatic heterocycles. The third kappa shape index (κ3) is 2.22. The third-order valence-electron chi connectivity index (χ3n) is 8.33. The molecule has 8 heteroatoms. The summed E-state index contributed by atoms with van der Waals surface area (Å²) in [7, 11) is 0. The normalized spacial score (nSPS) is 26.3. The van der Waals surface area contributed by atoms with E-state index >= 15 is 0 Å². The zero-order valence-corrected chi connectivity index (χ0v) is 19.3. The first kappa shape index (κ1) is 19.3. The van der Waals surface area contributed by atoms with Crippen molar-refractivity contribution in [3.8, 4) is 11.5 Å². The fraction of sp³-hybridized carbons (Fsp3) is 0.360. The van der Waals surface area contributed by atoms with Gasteiger partial charge in [0.05, 0.1) is 27.8 Å². The largest absolute Gasteiger partial charge is 0.454 e. The predicted octanol–water partition coefficient (Wildman–Crippen LogP) is 5.15. The Morgan fingerprint density at radius 1 is 0.909 bits per heavy atom. The van der Waals surface area contributed by atoms with Gasteiger partial charge >= 0.3 is 0 Å². The first-order valence-electron chi connectivity index (χ1n) is 11.0. The first-order chi connectivity index (χ1) is 15.8. The van der Waals surface area contributed by atoms with Gasteiger partial charge in [0.25, 0.3) is 5.22 Å². The van der Waals surface area contributed by atoms with Crippen molar-refractivity contribution in [3.63, 3.8) is 0 Å². The molecule has 2 aromatic carbocycles. The van der Waals surface area contributed by atoms with Crippen molar-refractivity contribution in [3.05, 3.63) is 47.8 Å². The van der Waals surface area contributed by atoms with Crippen LogP contribution in [-0.4, -0.2) is 26.9 Å². The second-order valence-electron chi connectivity index (χ2n) is 9.81. The van der Waals surface area contributed by atoms with Gasteiger partial charge in [0, 0.05) is 29.3 Å². The number of thioether (sulfide) groups is 1. The van der Waals surface area contributed by atoms with E-state index in [0.717, 1.165) is 47.0 Å². The molecular formula is C25H21N3O4S. The van der Waals surface area contributed by atoms with Crippen molar-refractivity contribution in [1.82, 2.24) is 15.0 Å². The molecular weight excluding hydrogens is 438 g/mol. The molecule has 3 heterocycles. The standard InChI is InChI=1S/C25H21N3O4S/c1-23(2)24(3)8-9-25(23,21(29)33-22-28-13-6-4-5-7-16(13)32-22)20-19(24)26-14-10-17-18(31-12-30-17)11-15(14)27-20/h4-7,10-11H,8-9,12H2,1-3H3. The van der Waals surface area contributed by atoms with E-state index in [1.807, 2.05) is 36.4 Å². The molecule has 2 aliphatic carbocycles. The van der Waals surface area contributed by atoms with Crippen molar-refractivity contribution < 1.29 is 18.7 Å². The van der Waals surface area contributed by atoms with Crippen molar-refractivity contribution in [2.45, 2.75) is 49.7 Å². The number of carbonyl (C=O) groups excluding carboxylic acids is 1. The van der Waals surface area contributed by atoms with Crippen LogP contribution in [0.3, 0.4) is 0 Å². The Balaban J connectivity index is 1.39. The molecule has 0 radical (unpaired) electrons. The molecule has 0 saturated heterocycles. The molecule has 3 aliphatic rings. The minimum atomic E-state index is -0.778. The Bertz CT molecular complexity index is 1480. The van der Waals surface area contributed by atoms with E-state index < -0.39 is 5.41 Å². The van der Waals surface area contributed by atoms with Crippen molar-refractivity contribution in [2.24, 2.45) is 5.41 Å². The monoisotopic (exact) mass is 459 g/mol. The van der Waals surface area contributed by atoms with Crippen LogP contribution >= 0.6 is 11.8 Å². The number of oxazole rings is 1. The number of rotatable bonds is 2. The van der Waals surface area contributed by atoms with Gasteiger partial charge in [-0.25, -0.2) is 15.0 Å². The Morgan fingerprint density at radius 3 is 2.33 bits per heavy atom. The highest BCUT2D eigenvalue weighted by Gasteiger charge is 2.73. The van der Waals surface area contributed by atoms with E-state index in [1.165, 1.54) is 0 Å². The predicted molar refractivity (Wildman–Crippen MR) is 123 cm³/mol.